The van der Waals surface area contributed by atoms with E-state index in [1.165, 1.54) is 23.1 Å². The average molecular weight is 603 g/mol. The summed E-state index contributed by atoms with van der Waals surface area (Å²) >= 11 is 0. The lowest BCUT2D eigenvalue weighted by atomic mass is 10.0. The fourth-order valence-corrected chi connectivity index (χ4v) is 7.08. The Hall–Kier alpha value is -4.68. The first kappa shape index (κ1) is 28.4. The van der Waals surface area contributed by atoms with Crippen molar-refractivity contribution in [3.8, 4) is 0 Å². The molecule has 1 fully saturated rings. The van der Waals surface area contributed by atoms with Crippen LogP contribution in [0.4, 0.5) is 16.2 Å². The number of hydrogen-bond acceptors (Lipinski definition) is 8. The number of fused-ring (bicyclic) bond motifs is 10. The number of pyridine rings is 1. The van der Waals surface area contributed by atoms with Crippen LogP contribution in [-0.4, -0.2) is 54.3 Å². The molecule has 0 radical (unpaired) electrons. The van der Waals surface area contributed by atoms with Crippen molar-refractivity contribution < 1.29 is 27.9 Å². The quantitative estimate of drug-likeness (QED) is 0.274. The fourth-order valence-electron chi connectivity index (χ4n) is 5.21. The van der Waals surface area contributed by atoms with Crippen LogP contribution in [0.1, 0.15) is 41.7 Å². The Kier molecular flexibility index (Phi) is 7.40. The number of H-pyrrole nitrogens is 1. The highest BCUT2D eigenvalue weighted by molar-refractivity contribution is 7.92. The molecule has 2 atom stereocenters. The minimum atomic E-state index is -3.63. The number of amides is 2. The summed E-state index contributed by atoms with van der Waals surface area (Å²) in [5, 5.41) is 17.2. The van der Waals surface area contributed by atoms with Crippen LogP contribution in [0.25, 0.3) is 10.8 Å². The number of anilines is 2. The minimum Gasteiger partial charge on any atom is -0.446 e. The zero-order chi connectivity index (χ0) is 30.3. The van der Waals surface area contributed by atoms with Gasteiger partial charge in [-0.3, -0.25) is 14.9 Å². The van der Waals surface area contributed by atoms with Gasteiger partial charge in [0, 0.05) is 36.6 Å². The Bertz CT molecular complexity index is 1880. The molecule has 0 unspecified atom stereocenters. The van der Waals surface area contributed by atoms with E-state index in [1.54, 1.807) is 61.8 Å². The van der Waals surface area contributed by atoms with E-state index >= 15 is 0 Å². The van der Waals surface area contributed by atoms with Crippen molar-refractivity contribution in [1.29, 1.82) is 0 Å². The van der Waals surface area contributed by atoms with Crippen LogP contribution in [0.3, 0.4) is 0 Å². The lowest BCUT2D eigenvalue weighted by Gasteiger charge is -2.27. The molecule has 0 saturated heterocycles. The Morgan fingerprint density at radius 3 is 2.44 bits per heavy atom. The predicted molar refractivity (Wildman–Crippen MR) is 160 cm³/mol. The number of ether oxygens (including phenoxy) is 1. The highest BCUT2D eigenvalue weighted by Crippen LogP contribution is 2.36. The second kappa shape index (κ2) is 11.2. The van der Waals surface area contributed by atoms with Crippen molar-refractivity contribution in [2.75, 3.05) is 24.3 Å². The molecule has 1 aliphatic carbocycles. The second-order valence-electron chi connectivity index (χ2n) is 10.9. The molecule has 11 nitrogen and oxygen atoms in total. The topological polar surface area (TPSA) is 158 Å². The molecule has 4 N–H and O–H groups in total. The average Bonchev–Trinajstić information content (AvgIpc) is 3.85. The van der Waals surface area contributed by atoms with Crippen molar-refractivity contribution in [2.45, 2.75) is 41.7 Å². The Labute approximate surface area is 247 Å². The zero-order valence-electron chi connectivity index (χ0n) is 23.2. The second-order valence-corrected chi connectivity index (χ2v) is 13.0. The number of likely N-dealkylation sites (N-methyl/N-ethyl adjacent to an activating group) is 1. The molecular formula is C31H30N4O7S. The van der Waals surface area contributed by atoms with Gasteiger partial charge in [-0.2, -0.15) is 0 Å². The number of aromatic amines is 1. The highest BCUT2D eigenvalue weighted by Gasteiger charge is 2.38. The summed E-state index contributed by atoms with van der Waals surface area (Å²) < 4.78 is 31.8. The lowest BCUT2D eigenvalue weighted by Crippen LogP contribution is -2.35. The Balaban J connectivity index is 1.41. The normalized spacial score (nSPS) is 19.6. The first-order valence-corrected chi connectivity index (χ1v) is 15.4. The van der Waals surface area contributed by atoms with Gasteiger partial charge in [0.1, 0.15) is 18.8 Å². The molecule has 2 amide bonds. The molecule has 12 heteroatoms. The lowest BCUT2D eigenvalue weighted by molar-refractivity contribution is -0.131. The van der Waals surface area contributed by atoms with Gasteiger partial charge < -0.3 is 25.0 Å². The third kappa shape index (κ3) is 5.84. The summed E-state index contributed by atoms with van der Waals surface area (Å²) in [6, 6.07) is 17.2. The van der Waals surface area contributed by atoms with Gasteiger partial charge in [0.25, 0.3) is 5.56 Å². The van der Waals surface area contributed by atoms with E-state index in [0.29, 0.717) is 40.6 Å². The first-order chi connectivity index (χ1) is 20.6. The molecule has 43 heavy (non-hydrogen) atoms. The van der Waals surface area contributed by atoms with Gasteiger partial charge in [0.15, 0.2) is 9.84 Å². The van der Waals surface area contributed by atoms with E-state index < -0.39 is 33.3 Å². The maximum atomic E-state index is 14.1. The van der Waals surface area contributed by atoms with Crippen LogP contribution in [0.2, 0.25) is 0 Å². The molecule has 222 valence electrons. The monoisotopic (exact) mass is 602 g/mol. The van der Waals surface area contributed by atoms with Crippen molar-refractivity contribution in [3.05, 3.63) is 100.0 Å². The number of carbonyl (C=O) groups excluding carboxylic acids is 2. The van der Waals surface area contributed by atoms with Crippen molar-refractivity contribution in [2.24, 2.45) is 0 Å². The van der Waals surface area contributed by atoms with Gasteiger partial charge in [0.2, 0.25) is 5.91 Å². The van der Waals surface area contributed by atoms with Crippen molar-refractivity contribution >= 4 is 44.0 Å². The predicted octanol–water partition coefficient (Wildman–Crippen LogP) is 3.87. The number of aliphatic hydroxyl groups excluding tert-OH is 1. The molecule has 3 heterocycles. The number of carbonyl (C=O) groups is 2. The van der Waals surface area contributed by atoms with E-state index in [2.05, 4.69) is 15.6 Å². The maximum absolute atomic E-state index is 14.1. The largest absolute Gasteiger partial charge is 0.446 e. The number of aliphatic hydroxyl groups is 1. The summed E-state index contributed by atoms with van der Waals surface area (Å²) in [7, 11) is -2.06. The van der Waals surface area contributed by atoms with Gasteiger partial charge in [-0.25, -0.2) is 13.2 Å². The van der Waals surface area contributed by atoms with Gasteiger partial charge in [0.05, 0.1) is 10.1 Å². The summed E-state index contributed by atoms with van der Waals surface area (Å²) in [6.07, 6.45) is 0.779. The number of rotatable bonds is 4. The molecule has 7 rings (SSSR count). The molecule has 2 aliphatic heterocycles. The van der Waals surface area contributed by atoms with Crippen molar-refractivity contribution in [1.82, 2.24) is 9.88 Å². The highest BCUT2D eigenvalue weighted by atomic mass is 32.2. The number of hydrogen-bond donors (Lipinski definition) is 4. The van der Waals surface area contributed by atoms with E-state index in [0.717, 1.165) is 5.39 Å². The van der Waals surface area contributed by atoms with Crippen LogP contribution in [-0.2, 0) is 25.9 Å². The van der Waals surface area contributed by atoms with Crippen LogP contribution >= 0.6 is 0 Å². The van der Waals surface area contributed by atoms with Gasteiger partial charge in [-0.15, -0.1) is 0 Å². The summed E-state index contributed by atoms with van der Waals surface area (Å²) in [6.45, 7) is -0.377. The van der Waals surface area contributed by atoms with Gasteiger partial charge in [-0.05, 0) is 71.3 Å². The van der Waals surface area contributed by atoms with Crippen LogP contribution < -0.4 is 16.2 Å². The number of nitrogens with zero attached hydrogens (tertiary/aromatic N) is 1. The molecule has 4 aromatic rings. The zero-order valence-corrected chi connectivity index (χ0v) is 24.1. The van der Waals surface area contributed by atoms with Gasteiger partial charge in [-0.1, -0.05) is 30.3 Å². The summed E-state index contributed by atoms with van der Waals surface area (Å²) in [5.41, 5.74) is 1.96. The van der Waals surface area contributed by atoms with E-state index in [-0.39, 0.29) is 35.2 Å². The maximum Gasteiger partial charge on any atom is 0.411 e. The summed E-state index contributed by atoms with van der Waals surface area (Å²) in [5.74, 6) is -0.366. The molecule has 4 bridgehead atoms. The van der Waals surface area contributed by atoms with Crippen LogP contribution in [0.5, 0.6) is 0 Å². The van der Waals surface area contributed by atoms with E-state index in [1.807, 2.05) is 0 Å². The number of sulfone groups is 1. The third-order valence-corrected chi connectivity index (χ3v) is 10.1. The first-order valence-electron chi connectivity index (χ1n) is 13.8. The number of benzene rings is 3. The van der Waals surface area contributed by atoms with Gasteiger partial charge >= 0.3 is 6.09 Å². The standard InChI is InChI=1S/C31H30N4O7S/c1-35-16-21-14-22(8-11-27(21)43(40,41)24-9-10-24)34-31(39)42-17-26(36)19-2-4-20(5-3-19)28(30(35)38)33-23-7-6-18-12-13-32-29(37)25(18)15-23/h2-8,11-15,24,26,28,33,36H,9-10,16-17H2,1H3,(H,32,37)(H,34,39)/t26-,28+/m0/s1. The van der Waals surface area contributed by atoms with E-state index in [9.17, 15) is 27.9 Å². The smallest absolute Gasteiger partial charge is 0.411 e. The van der Waals surface area contributed by atoms with Crippen LogP contribution in [0.15, 0.2) is 82.6 Å². The molecule has 1 aromatic heterocycles. The van der Waals surface area contributed by atoms with Crippen molar-refractivity contribution in [3.63, 3.8) is 0 Å². The SMILES string of the molecule is CN1Cc2cc(ccc2S(=O)(=O)C2CC2)NC(=O)OC[C@H](O)c2ccc(cc2)[C@@H](Nc2ccc3cc[nH]c(=O)c3c2)C1=O. The molecule has 1 saturated carbocycles. The van der Waals surface area contributed by atoms with Crippen LogP contribution in [0, 0.1) is 0 Å². The van der Waals surface area contributed by atoms with E-state index in [4.69, 9.17) is 4.74 Å². The third-order valence-electron chi connectivity index (χ3n) is 7.72. The summed E-state index contributed by atoms with van der Waals surface area (Å²) in [4.78, 5) is 43.2. The molecule has 0 spiro atoms. The molecule has 3 aliphatic rings. The number of aromatic nitrogens is 1. The minimum absolute atomic E-state index is 0.0585. The molecular weight excluding hydrogens is 572 g/mol. The Morgan fingerprint density at radius 1 is 0.953 bits per heavy atom. The molecule has 3 aromatic carbocycles. The number of nitrogens with one attached hydrogen (secondary N) is 3. The fraction of sp³-hybridized carbons (Fsp3) is 0.258. The Morgan fingerprint density at radius 2 is 1.70 bits per heavy atom.